The van der Waals surface area contributed by atoms with E-state index in [0.717, 1.165) is 27.9 Å². The number of anilines is 1. The molecule has 220 valence electrons. The summed E-state index contributed by atoms with van der Waals surface area (Å²) in [6, 6.07) is 35.0. The molecular weight excluding hydrogens is 550 g/mol. The lowest BCUT2D eigenvalue weighted by Crippen LogP contribution is -2.41. The fraction of sp³-hybridized carbons (Fsp3) is 0.216. The number of methoxy groups -OCH3 is 1. The van der Waals surface area contributed by atoms with Crippen LogP contribution in [0.5, 0.6) is 0 Å². The van der Waals surface area contributed by atoms with Crippen LogP contribution in [0.3, 0.4) is 0 Å². The second kappa shape index (κ2) is 11.7. The SMILES string of the molecule is COC(=O)[C@]1(C#N)[C@H](c2ccc(N(C)C)cc2)[C@H](C(=O)OC(c2ccccc2)c2ccccc2)N2C=Cc3ccccc3[C@H]21. The average molecular weight is 584 g/mol. The third-order valence-corrected chi connectivity index (χ3v) is 8.73. The number of nitrogens with zero attached hydrogens (tertiary/aromatic N) is 3. The number of carbonyl (C=O) groups excluding carboxylic acids is 2. The summed E-state index contributed by atoms with van der Waals surface area (Å²) in [5.74, 6) is -2.14. The van der Waals surface area contributed by atoms with Crippen LogP contribution in [0.15, 0.2) is 115 Å². The Hall–Kier alpha value is -5.35. The molecule has 4 aromatic carbocycles. The maximum atomic E-state index is 14.7. The van der Waals surface area contributed by atoms with Crippen LogP contribution in [-0.4, -0.2) is 44.1 Å². The Morgan fingerprint density at radius 2 is 1.45 bits per heavy atom. The molecule has 1 saturated heterocycles. The number of fused-ring (bicyclic) bond motifs is 3. The summed E-state index contributed by atoms with van der Waals surface area (Å²) in [6.07, 6.45) is 3.02. The maximum Gasteiger partial charge on any atom is 0.330 e. The highest BCUT2D eigenvalue weighted by molar-refractivity contribution is 5.90. The molecule has 7 heteroatoms. The summed E-state index contributed by atoms with van der Waals surface area (Å²) in [4.78, 5) is 32.4. The lowest BCUT2D eigenvalue weighted by Gasteiger charge is -2.36. The predicted octanol–water partition coefficient (Wildman–Crippen LogP) is 6.26. The minimum atomic E-state index is -1.76. The minimum Gasteiger partial charge on any atom is -0.468 e. The van der Waals surface area contributed by atoms with Crippen molar-refractivity contribution in [2.24, 2.45) is 5.41 Å². The Kier molecular flexibility index (Phi) is 7.67. The van der Waals surface area contributed by atoms with Gasteiger partial charge in [0.15, 0.2) is 11.5 Å². The van der Waals surface area contributed by atoms with Crippen molar-refractivity contribution in [2.45, 2.75) is 24.1 Å². The number of rotatable bonds is 7. The van der Waals surface area contributed by atoms with E-state index >= 15 is 0 Å². The number of esters is 2. The van der Waals surface area contributed by atoms with Gasteiger partial charge in [0.05, 0.1) is 19.2 Å². The quantitative estimate of drug-likeness (QED) is 0.238. The molecule has 0 N–H and O–H groups in total. The smallest absolute Gasteiger partial charge is 0.330 e. The van der Waals surface area contributed by atoms with E-state index < -0.39 is 41.5 Å². The van der Waals surface area contributed by atoms with Crippen molar-refractivity contribution in [2.75, 3.05) is 26.1 Å². The Morgan fingerprint density at radius 3 is 2.02 bits per heavy atom. The monoisotopic (exact) mass is 583 g/mol. The highest BCUT2D eigenvalue weighted by Crippen LogP contribution is 2.60. The fourth-order valence-corrected chi connectivity index (χ4v) is 6.69. The lowest BCUT2D eigenvalue weighted by atomic mass is 9.67. The molecule has 0 bridgehead atoms. The third-order valence-electron chi connectivity index (χ3n) is 8.73. The van der Waals surface area contributed by atoms with Crippen molar-refractivity contribution in [3.63, 3.8) is 0 Å². The maximum absolute atomic E-state index is 14.7. The van der Waals surface area contributed by atoms with Crippen LogP contribution >= 0.6 is 0 Å². The van der Waals surface area contributed by atoms with Gasteiger partial charge in [-0.25, -0.2) is 4.79 Å². The van der Waals surface area contributed by atoms with Gasteiger partial charge in [0.25, 0.3) is 0 Å². The van der Waals surface area contributed by atoms with Gasteiger partial charge in [-0.1, -0.05) is 97.1 Å². The number of benzene rings is 4. The molecule has 7 nitrogen and oxygen atoms in total. The van der Waals surface area contributed by atoms with Crippen molar-refractivity contribution in [3.05, 3.63) is 143 Å². The van der Waals surface area contributed by atoms with Gasteiger partial charge >= 0.3 is 11.9 Å². The van der Waals surface area contributed by atoms with Gasteiger partial charge in [-0.05, 0) is 46.0 Å². The topological polar surface area (TPSA) is 82.9 Å². The van der Waals surface area contributed by atoms with E-state index in [1.807, 2.05) is 145 Å². The highest BCUT2D eigenvalue weighted by Gasteiger charge is 2.68. The molecule has 0 amide bonds. The molecule has 4 atom stereocenters. The van der Waals surface area contributed by atoms with Crippen LogP contribution in [0.4, 0.5) is 5.69 Å². The third kappa shape index (κ3) is 4.69. The molecule has 1 fully saturated rings. The van der Waals surface area contributed by atoms with Crippen LogP contribution < -0.4 is 4.90 Å². The average Bonchev–Trinajstić information content (AvgIpc) is 3.39. The summed E-state index contributed by atoms with van der Waals surface area (Å²) in [5, 5.41) is 11.0. The zero-order valence-electron chi connectivity index (χ0n) is 24.8. The number of hydrogen-bond acceptors (Lipinski definition) is 7. The van der Waals surface area contributed by atoms with Crippen LogP contribution in [-0.2, 0) is 19.1 Å². The van der Waals surface area contributed by atoms with Crippen LogP contribution in [0.25, 0.3) is 6.08 Å². The normalized spacial score (nSPS) is 21.6. The van der Waals surface area contributed by atoms with Gasteiger partial charge < -0.3 is 19.3 Å². The molecule has 0 aromatic heterocycles. The number of carbonyl (C=O) groups is 2. The van der Waals surface area contributed by atoms with Gasteiger partial charge in [-0.15, -0.1) is 0 Å². The first-order valence-electron chi connectivity index (χ1n) is 14.5. The molecule has 0 unspecified atom stereocenters. The molecule has 4 aromatic rings. The minimum absolute atomic E-state index is 0.542. The second-order valence-electron chi connectivity index (χ2n) is 11.3. The summed E-state index contributed by atoms with van der Waals surface area (Å²) >= 11 is 0. The van der Waals surface area contributed by atoms with Crippen LogP contribution in [0.1, 0.15) is 45.9 Å². The first-order valence-corrected chi connectivity index (χ1v) is 14.5. The zero-order valence-corrected chi connectivity index (χ0v) is 24.8. The highest BCUT2D eigenvalue weighted by atomic mass is 16.5. The largest absolute Gasteiger partial charge is 0.468 e. The van der Waals surface area contributed by atoms with Gasteiger partial charge in [0.2, 0.25) is 0 Å². The summed E-state index contributed by atoms with van der Waals surface area (Å²) in [6.45, 7) is 0. The molecule has 6 rings (SSSR count). The number of ether oxygens (including phenoxy) is 2. The van der Waals surface area contributed by atoms with Crippen molar-refractivity contribution < 1.29 is 19.1 Å². The molecule has 0 aliphatic carbocycles. The van der Waals surface area contributed by atoms with E-state index in [2.05, 4.69) is 6.07 Å². The van der Waals surface area contributed by atoms with E-state index in [9.17, 15) is 14.9 Å². The summed E-state index contributed by atoms with van der Waals surface area (Å²) in [7, 11) is 5.16. The van der Waals surface area contributed by atoms with Gasteiger partial charge in [-0.2, -0.15) is 5.26 Å². The number of nitriles is 1. The van der Waals surface area contributed by atoms with Crippen molar-refractivity contribution in [1.29, 1.82) is 5.26 Å². The predicted molar refractivity (Wildman–Crippen MR) is 168 cm³/mol. The van der Waals surface area contributed by atoms with Crippen molar-refractivity contribution in [3.8, 4) is 6.07 Å². The van der Waals surface area contributed by atoms with Crippen LogP contribution in [0.2, 0.25) is 0 Å². The summed E-state index contributed by atoms with van der Waals surface area (Å²) < 4.78 is 11.8. The molecule has 2 aliphatic heterocycles. The standard InChI is InChI=1S/C37H33N3O4/c1-39(2)29-20-18-26(19-21-29)31-32(35(41)44-33(27-13-6-4-7-14-27)28-15-8-5-9-16-28)40-23-22-25-12-10-11-17-30(25)34(40)37(31,24-38)36(42)43-3/h4-23,31-34H,1-3H3/t31-,32-,34+,37-/m1/s1. The Bertz CT molecular complexity index is 1690. The fourth-order valence-electron chi connectivity index (χ4n) is 6.69. The zero-order chi connectivity index (χ0) is 30.8. The summed E-state index contributed by atoms with van der Waals surface area (Å²) in [5.41, 5.74) is 3.13. The molecule has 2 aliphatic rings. The Balaban J connectivity index is 1.54. The van der Waals surface area contributed by atoms with Crippen LogP contribution in [0, 0.1) is 16.7 Å². The molecule has 2 heterocycles. The Morgan fingerprint density at radius 1 is 0.864 bits per heavy atom. The number of hydrogen-bond donors (Lipinski definition) is 0. The van der Waals surface area contributed by atoms with Gasteiger partial charge in [0, 0.05) is 31.9 Å². The van der Waals surface area contributed by atoms with Gasteiger partial charge in [-0.3, -0.25) is 4.79 Å². The lowest BCUT2D eigenvalue weighted by molar-refractivity contribution is -0.153. The first-order chi connectivity index (χ1) is 21.4. The Labute approximate surface area is 257 Å². The van der Waals surface area contributed by atoms with E-state index in [-0.39, 0.29) is 0 Å². The van der Waals surface area contributed by atoms with E-state index in [1.165, 1.54) is 7.11 Å². The van der Waals surface area contributed by atoms with E-state index in [1.54, 1.807) is 0 Å². The van der Waals surface area contributed by atoms with Crippen molar-refractivity contribution in [1.82, 2.24) is 4.90 Å². The molecule has 44 heavy (non-hydrogen) atoms. The van der Waals surface area contributed by atoms with E-state index in [0.29, 0.717) is 5.56 Å². The molecule has 0 radical (unpaired) electrons. The molecule has 0 saturated carbocycles. The first kappa shape index (κ1) is 28.8. The van der Waals surface area contributed by atoms with E-state index in [4.69, 9.17) is 9.47 Å². The molecular formula is C37H33N3O4. The second-order valence-corrected chi connectivity index (χ2v) is 11.3. The van der Waals surface area contributed by atoms with Crippen molar-refractivity contribution >= 4 is 23.7 Å². The van der Waals surface area contributed by atoms with Gasteiger partial charge in [0.1, 0.15) is 6.04 Å². The molecule has 0 spiro atoms.